The maximum Gasteiger partial charge on any atom is 0.340 e. The minimum Gasteiger partial charge on any atom is -0.462 e. The van der Waals surface area contributed by atoms with E-state index in [1.807, 2.05) is 0 Å². The molecule has 1 aliphatic rings. The van der Waals surface area contributed by atoms with Crippen LogP contribution in [0.3, 0.4) is 0 Å². The van der Waals surface area contributed by atoms with Crippen molar-refractivity contribution in [3.63, 3.8) is 0 Å². The molecule has 1 saturated carbocycles. The zero-order chi connectivity index (χ0) is 14.5. The van der Waals surface area contributed by atoms with E-state index in [0.717, 1.165) is 12.8 Å². The first-order valence-corrected chi connectivity index (χ1v) is 6.73. The zero-order valence-electron chi connectivity index (χ0n) is 11.5. The number of esters is 1. The summed E-state index contributed by atoms with van der Waals surface area (Å²) in [5.41, 5.74) is 6.42. The van der Waals surface area contributed by atoms with Crippen LogP contribution >= 0.6 is 0 Å². The molecule has 106 valence electrons. The zero-order valence-corrected chi connectivity index (χ0v) is 11.5. The molecule has 0 saturated heterocycles. The molecule has 1 aliphatic carbocycles. The Morgan fingerprint density at radius 1 is 1.65 bits per heavy atom. The van der Waals surface area contributed by atoms with Gasteiger partial charge in [0.15, 0.2) is 0 Å². The van der Waals surface area contributed by atoms with Crippen LogP contribution in [0.4, 0.5) is 11.5 Å². The minimum absolute atomic E-state index is 0.302. The normalized spacial score (nSPS) is 13.6. The van der Waals surface area contributed by atoms with Crippen LogP contribution in [0.2, 0.25) is 0 Å². The SMILES string of the molecule is CCOC(=O)c1cc(N(CCC#N)C2CC2)ncc1N. The molecule has 0 radical (unpaired) electrons. The van der Waals surface area contributed by atoms with Crippen molar-refractivity contribution in [3.05, 3.63) is 17.8 Å². The Morgan fingerprint density at radius 3 is 3.00 bits per heavy atom. The molecule has 0 bridgehead atoms. The average molecular weight is 274 g/mol. The number of carbonyl (C=O) groups excluding carboxylic acids is 1. The highest BCUT2D eigenvalue weighted by molar-refractivity contribution is 5.95. The van der Waals surface area contributed by atoms with Gasteiger partial charge in [-0.1, -0.05) is 0 Å². The van der Waals surface area contributed by atoms with Gasteiger partial charge in [0.25, 0.3) is 0 Å². The van der Waals surface area contributed by atoms with E-state index < -0.39 is 5.97 Å². The van der Waals surface area contributed by atoms with Crippen molar-refractivity contribution < 1.29 is 9.53 Å². The number of pyridine rings is 1. The van der Waals surface area contributed by atoms with Gasteiger partial charge in [0.05, 0.1) is 36.5 Å². The molecule has 0 aliphatic heterocycles. The number of nitrogens with zero attached hydrogens (tertiary/aromatic N) is 3. The molecule has 0 spiro atoms. The monoisotopic (exact) mass is 274 g/mol. The van der Waals surface area contributed by atoms with Crippen molar-refractivity contribution in [1.29, 1.82) is 5.26 Å². The van der Waals surface area contributed by atoms with Crippen LogP contribution in [-0.2, 0) is 4.74 Å². The lowest BCUT2D eigenvalue weighted by Gasteiger charge is -2.23. The molecular formula is C14H18N4O2. The third kappa shape index (κ3) is 3.18. The molecule has 0 unspecified atom stereocenters. The minimum atomic E-state index is -0.440. The van der Waals surface area contributed by atoms with Crippen LogP contribution in [-0.4, -0.2) is 30.1 Å². The lowest BCUT2D eigenvalue weighted by molar-refractivity contribution is 0.0527. The van der Waals surface area contributed by atoms with Crippen LogP contribution in [0, 0.1) is 11.3 Å². The molecule has 1 heterocycles. The number of ether oxygens (including phenoxy) is 1. The van der Waals surface area contributed by atoms with E-state index >= 15 is 0 Å². The summed E-state index contributed by atoms with van der Waals surface area (Å²) in [6.45, 7) is 2.66. The topological polar surface area (TPSA) is 92.2 Å². The second-order valence-corrected chi connectivity index (χ2v) is 4.68. The van der Waals surface area contributed by atoms with Crippen molar-refractivity contribution >= 4 is 17.5 Å². The number of anilines is 2. The maximum atomic E-state index is 11.8. The van der Waals surface area contributed by atoms with Crippen LogP contribution < -0.4 is 10.6 Å². The number of nitrogens with two attached hydrogens (primary N) is 1. The Morgan fingerprint density at radius 2 is 2.40 bits per heavy atom. The van der Waals surface area contributed by atoms with Crippen molar-refractivity contribution in [2.24, 2.45) is 0 Å². The van der Waals surface area contributed by atoms with Gasteiger partial charge < -0.3 is 15.4 Å². The standard InChI is InChI=1S/C14H18N4O2/c1-2-20-14(19)11-8-13(17-9-12(11)16)18(7-3-6-15)10-4-5-10/h8-10H,2-5,7,16H2,1H3. The van der Waals surface area contributed by atoms with E-state index in [0.29, 0.717) is 42.7 Å². The summed E-state index contributed by atoms with van der Waals surface area (Å²) < 4.78 is 4.98. The van der Waals surface area contributed by atoms with Crippen LogP contribution in [0.1, 0.15) is 36.5 Å². The van der Waals surface area contributed by atoms with E-state index in [-0.39, 0.29) is 0 Å². The predicted molar refractivity (Wildman–Crippen MR) is 75.2 cm³/mol. The molecule has 6 heteroatoms. The molecule has 1 fully saturated rings. The summed E-state index contributed by atoms with van der Waals surface area (Å²) in [6, 6.07) is 4.20. The predicted octanol–water partition coefficient (Wildman–Crippen LogP) is 1.72. The van der Waals surface area contributed by atoms with Gasteiger partial charge in [-0.25, -0.2) is 9.78 Å². The Kier molecular flexibility index (Phi) is 4.41. The van der Waals surface area contributed by atoms with Crippen molar-refractivity contribution in [1.82, 2.24) is 4.98 Å². The highest BCUT2D eigenvalue weighted by Crippen LogP contribution is 2.31. The second-order valence-electron chi connectivity index (χ2n) is 4.68. The van der Waals surface area contributed by atoms with Crippen molar-refractivity contribution in [2.75, 3.05) is 23.8 Å². The lowest BCUT2D eigenvalue weighted by Crippen LogP contribution is -2.28. The van der Waals surface area contributed by atoms with Crippen molar-refractivity contribution in [2.45, 2.75) is 32.2 Å². The van der Waals surface area contributed by atoms with Gasteiger partial charge in [-0.15, -0.1) is 0 Å². The fourth-order valence-electron chi connectivity index (χ4n) is 2.04. The molecule has 1 aromatic rings. The molecule has 0 atom stereocenters. The third-order valence-corrected chi connectivity index (χ3v) is 3.16. The van der Waals surface area contributed by atoms with E-state index in [1.54, 1.807) is 13.0 Å². The summed E-state index contributed by atoms with van der Waals surface area (Å²) in [5, 5.41) is 8.73. The average Bonchev–Trinajstić information content (AvgIpc) is 3.25. The van der Waals surface area contributed by atoms with Gasteiger partial charge >= 0.3 is 5.97 Å². The molecule has 0 aromatic carbocycles. The van der Waals surface area contributed by atoms with E-state index in [4.69, 9.17) is 15.7 Å². The Balaban J connectivity index is 2.24. The van der Waals surface area contributed by atoms with Gasteiger partial charge in [0.1, 0.15) is 5.82 Å². The number of hydrogen-bond acceptors (Lipinski definition) is 6. The quantitative estimate of drug-likeness (QED) is 0.794. The summed E-state index contributed by atoms with van der Waals surface area (Å²) in [5.74, 6) is 0.240. The van der Waals surface area contributed by atoms with Gasteiger partial charge in [0.2, 0.25) is 0 Å². The van der Waals surface area contributed by atoms with Gasteiger partial charge in [-0.05, 0) is 25.8 Å². The summed E-state index contributed by atoms with van der Waals surface area (Å²) in [7, 11) is 0. The van der Waals surface area contributed by atoms with Crippen LogP contribution in [0.5, 0.6) is 0 Å². The largest absolute Gasteiger partial charge is 0.462 e. The number of nitrogen functional groups attached to an aromatic ring is 1. The summed E-state index contributed by atoms with van der Waals surface area (Å²) in [6.07, 6.45) is 4.08. The lowest BCUT2D eigenvalue weighted by atomic mass is 10.2. The van der Waals surface area contributed by atoms with E-state index in [2.05, 4.69) is 16.0 Å². The summed E-state index contributed by atoms with van der Waals surface area (Å²) in [4.78, 5) is 18.2. The first-order chi connectivity index (χ1) is 9.67. The molecule has 0 amide bonds. The highest BCUT2D eigenvalue weighted by atomic mass is 16.5. The smallest absolute Gasteiger partial charge is 0.340 e. The molecule has 1 aromatic heterocycles. The van der Waals surface area contributed by atoms with Crippen LogP contribution in [0.15, 0.2) is 12.3 Å². The first-order valence-electron chi connectivity index (χ1n) is 6.73. The summed E-state index contributed by atoms with van der Waals surface area (Å²) >= 11 is 0. The third-order valence-electron chi connectivity index (χ3n) is 3.16. The first kappa shape index (κ1) is 14.1. The number of hydrogen-bond donors (Lipinski definition) is 1. The molecular weight excluding hydrogens is 256 g/mol. The second kappa shape index (κ2) is 6.24. The van der Waals surface area contributed by atoms with Crippen LogP contribution in [0.25, 0.3) is 0 Å². The molecule has 2 N–H and O–H groups in total. The number of carbonyl (C=O) groups is 1. The Labute approximate surface area is 118 Å². The van der Waals surface area contributed by atoms with Crippen molar-refractivity contribution in [3.8, 4) is 6.07 Å². The number of rotatable bonds is 6. The maximum absolute atomic E-state index is 11.8. The molecule has 20 heavy (non-hydrogen) atoms. The highest BCUT2D eigenvalue weighted by Gasteiger charge is 2.30. The van der Waals surface area contributed by atoms with Gasteiger partial charge in [-0.3, -0.25) is 0 Å². The van der Waals surface area contributed by atoms with E-state index in [1.165, 1.54) is 6.20 Å². The van der Waals surface area contributed by atoms with Gasteiger partial charge in [-0.2, -0.15) is 5.26 Å². The molecule has 2 rings (SSSR count). The Hall–Kier alpha value is -2.29. The fraction of sp³-hybridized carbons (Fsp3) is 0.500. The van der Waals surface area contributed by atoms with Gasteiger partial charge in [0, 0.05) is 12.6 Å². The van der Waals surface area contributed by atoms with E-state index in [9.17, 15) is 4.79 Å². The Bertz CT molecular complexity index is 534. The number of aromatic nitrogens is 1. The fourth-order valence-corrected chi connectivity index (χ4v) is 2.04. The molecule has 6 nitrogen and oxygen atoms in total. The number of nitriles is 1.